The zero-order chi connectivity index (χ0) is 6.69. The fraction of sp³-hybridized carbons (Fsp3) is 0.857. The van der Waals surface area contributed by atoms with Crippen LogP contribution in [0.2, 0.25) is 0 Å². The van der Waals surface area contributed by atoms with Gasteiger partial charge < -0.3 is 4.74 Å². The zero-order valence-electron chi connectivity index (χ0n) is 5.72. The molecule has 0 aromatic rings. The van der Waals surface area contributed by atoms with Crippen molar-refractivity contribution in [3.8, 4) is 0 Å². The fourth-order valence-electron chi connectivity index (χ4n) is 1.33. The van der Waals surface area contributed by atoms with E-state index in [2.05, 4.69) is 4.74 Å². The lowest BCUT2D eigenvalue weighted by Gasteiger charge is -2.03. The van der Waals surface area contributed by atoms with E-state index in [9.17, 15) is 4.79 Å². The van der Waals surface area contributed by atoms with Crippen LogP contribution in [0.1, 0.15) is 25.7 Å². The van der Waals surface area contributed by atoms with E-state index in [-0.39, 0.29) is 11.9 Å². The zero-order valence-corrected chi connectivity index (χ0v) is 5.72. The summed E-state index contributed by atoms with van der Waals surface area (Å²) >= 11 is 0. The van der Waals surface area contributed by atoms with Crippen LogP contribution in [-0.2, 0) is 9.53 Å². The van der Waals surface area contributed by atoms with Crippen LogP contribution in [0.25, 0.3) is 0 Å². The van der Waals surface area contributed by atoms with Crippen LogP contribution in [0.15, 0.2) is 0 Å². The molecular weight excluding hydrogens is 116 g/mol. The normalized spacial score (nSPS) is 20.1. The summed E-state index contributed by atoms with van der Waals surface area (Å²) in [5.74, 6) is 0.197. The highest BCUT2D eigenvalue weighted by Gasteiger charge is 2.22. The Kier molecular flexibility index (Phi) is 2.09. The van der Waals surface area contributed by atoms with Gasteiger partial charge in [-0.25, -0.2) is 0 Å². The van der Waals surface area contributed by atoms with E-state index in [0.29, 0.717) is 0 Å². The van der Waals surface area contributed by atoms with E-state index in [1.807, 2.05) is 0 Å². The van der Waals surface area contributed by atoms with Gasteiger partial charge in [0.05, 0.1) is 13.0 Å². The molecule has 1 aliphatic carbocycles. The van der Waals surface area contributed by atoms with Crippen molar-refractivity contribution < 1.29 is 9.53 Å². The first-order valence-electron chi connectivity index (χ1n) is 3.42. The maximum Gasteiger partial charge on any atom is 0.308 e. The molecule has 0 aromatic carbocycles. The van der Waals surface area contributed by atoms with Gasteiger partial charge in [0.25, 0.3) is 0 Å². The molecule has 0 radical (unpaired) electrons. The van der Waals surface area contributed by atoms with Gasteiger partial charge in [0, 0.05) is 0 Å². The summed E-state index contributed by atoms with van der Waals surface area (Å²) in [7, 11) is 1.46. The standard InChI is InChI=1S/C7H12O2/c1-9-7(8)6-4-2-3-5-6/h6H,2-5H2,1H3. The van der Waals surface area contributed by atoms with Gasteiger partial charge in [-0.2, -0.15) is 0 Å². The van der Waals surface area contributed by atoms with E-state index < -0.39 is 0 Å². The van der Waals surface area contributed by atoms with Crippen LogP contribution < -0.4 is 0 Å². The topological polar surface area (TPSA) is 26.3 Å². The first kappa shape index (κ1) is 6.59. The maximum absolute atomic E-state index is 10.8. The number of esters is 1. The lowest BCUT2D eigenvalue weighted by molar-refractivity contribution is -0.145. The highest BCUT2D eigenvalue weighted by molar-refractivity contribution is 5.72. The molecule has 1 fully saturated rings. The van der Waals surface area contributed by atoms with Crippen LogP contribution in [0, 0.1) is 5.92 Å². The van der Waals surface area contributed by atoms with Crippen LogP contribution in [0.4, 0.5) is 0 Å². The van der Waals surface area contributed by atoms with Crippen molar-refractivity contribution in [1.29, 1.82) is 0 Å². The largest absolute Gasteiger partial charge is 0.469 e. The predicted octanol–water partition coefficient (Wildman–Crippen LogP) is 1.35. The fourth-order valence-corrected chi connectivity index (χ4v) is 1.33. The van der Waals surface area contributed by atoms with Crippen molar-refractivity contribution in [3.63, 3.8) is 0 Å². The van der Waals surface area contributed by atoms with E-state index in [4.69, 9.17) is 0 Å². The third kappa shape index (κ3) is 1.44. The molecule has 2 heteroatoms. The van der Waals surface area contributed by atoms with Crippen molar-refractivity contribution in [2.24, 2.45) is 5.92 Å². The minimum atomic E-state index is -0.0208. The van der Waals surface area contributed by atoms with Gasteiger partial charge >= 0.3 is 5.97 Å². The third-order valence-electron chi connectivity index (χ3n) is 1.89. The predicted molar refractivity (Wildman–Crippen MR) is 34.0 cm³/mol. The second kappa shape index (κ2) is 2.85. The minimum Gasteiger partial charge on any atom is -0.469 e. The Bertz CT molecular complexity index is 103. The summed E-state index contributed by atoms with van der Waals surface area (Å²) in [4.78, 5) is 10.8. The van der Waals surface area contributed by atoms with Gasteiger partial charge in [-0.1, -0.05) is 12.8 Å². The lowest BCUT2D eigenvalue weighted by Crippen LogP contribution is -2.11. The van der Waals surface area contributed by atoms with Gasteiger partial charge in [0.15, 0.2) is 0 Å². The quantitative estimate of drug-likeness (QED) is 0.498. The van der Waals surface area contributed by atoms with Gasteiger partial charge in [0.1, 0.15) is 0 Å². The summed E-state index contributed by atoms with van der Waals surface area (Å²) in [6.45, 7) is 0. The number of carbonyl (C=O) groups is 1. The number of hydrogen-bond donors (Lipinski definition) is 0. The van der Waals surface area contributed by atoms with E-state index in [1.54, 1.807) is 0 Å². The molecule has 52 valence electrons. The van der Waals surface area contributed by atoms with Crippen LogP contribution in [-0.4, -0.2) is 13.1 Å². The molecule has 0 amide bonds. The Labute approximate surface area is 55.2 Å². The molecule has 1 rings (SSSR count). The molecule has 1 saturated carbocycles. The lowest BCUT2D eigenvalue weighted by atomic mass is 10.1. The number of carbonyl (C=O) groups excluding carboxylic acids is 1. The van der Waals surface area contributed by atoms with Crippen molar-refractivity contribution in [1.82, 2.24) is 0 Å². The average molecular weight is 128 g/mol. The maximum atomic E-state index is 10.8. The molecule has 0 spiro atoms. The Balaban J connectivity index is 2.32. The molecule has 0 N–H and O–H groups in total. The Morgan fingerprint density at radius 1 is 1.44 bits per heavy atom. The summed E-state index contributed by atoms with van der Waals surface area (Å²) in [5.41, 5.74) is 0. The minimum absolute atomic E-state index is 0.0208. The molecule has 0 unspecified atom stereocenters. The van der Waals surface area contributed by atoms with Gasteiger partial charge in [-0.05, 0) is 12.8 Å². The van der Waals surface area contributed by atoms with E-state index >= 15 is 0 Å². The molecule has 0 heterocycles. The molecule has 9 heavy (non-hydrogen) atoms. The number of hydrogen-bond acceptors (Lipinski definition) is 2. The first-order chi connectivity index (χ1) is 4.34. The SMILES string of the molecule is COC(=O)C1CCCC1. The second-order valence-electron chi connectivity index (χ2n) is 2.50. The Morgan fingerprint density at radius 3 is 2.44 bits per heavy atom. The van der Waals surface area contributed by atoms with Crippen LogP contribution >= 0.6 is 0 Å². The third-order valence-corrected chi connectivity index (χ3v) is 1.89. The van der Waals surface area contributed by atoms with E-state index in [0.717, 1.165) is 12.8 Å². The molecule has 0 aliphatic heterocycles. The van der Waals surface area contributed by atoms with Gasteiger partial charge in [0.2, 0.25) is 0 Å². The summed E-state index contributed by atoms with van der Waals surface area (Å²) in [5, 5.41) is 0. The highest BCUT2D eigenvalue weighted by atomic mass is 16.5. The molecular formula is C7H12O2. The molecule has 1 aliphatic rings. The highest BCUT2D eigenvalue weighted by Crippen LogP contribution is 2.25. The summed E-state index contributed by atoms with van der Waals surface area (Å²) in [6.07, 6.45) is 4.46. The Hall–Kier alpha value is -0.530. The van der Waals surface area contributed by atoms with Crippen molar-refractivity contribution in [3.05, 3.63) is 0 Å². The number of rotatable bonds is 1. The van der Waals surface area contributed by atoms with Crippen LogP contribution in [0.3, 0.4) is 0 Å². The molecule has 0 atom stereocenters. The smallest absolute Gasteiger partial charge is 0.308 e. The average Bonchev–Trinajstić information content (AvgIpc) is 2.37. The van der Waals surface area contributed by atoms with Crippen molar-refractivity contribution in [2.45, 2.75) is 25.7 Å². The molecule has 0 saturated heterocycles. The van der Waals surface area contributed by atoms with E-state index in [1.165, 1.54) is 20.0 Å². The van der Waals surface area contributed by atoms with Crippen molar-refractivity contribution >= 4 is 5.97 Å². The number of methoxy groups -OCH3 is 1. The molecule has 2 nitrogen and oxygen atoms in total. The summed E-state index contributed by atoms with van der Waals surface area (Å²) < 4.78 is 4.60. The van der Waals surface area contributed by atoms with Crippen LogP contribution in [0.5, 0.6) is 0 Å². The summed E-state index contributed by atoms with van der Waals surface area (Å²) in [6, 6.07) is 0. The van der Waals surface area contributed by atoms with Gasteiger partial charge in [-0.15, -0.1) is 0 Å². The second-order valence-corrected chi connectivity index (χ2v) is 2.50. The molecule has 0 bridgehead atoms. The number of ether oxygens (including phenoxy) is 1. The van der Waals surface area contributed by atoms with Crippen molar-refractivity contribution in [2.75, 3.05) is 7.11 Å². The first-order valence-corrected chi connectivity index (χ1v) is 3.42. The Morgan fingerprint density at radius 2 is 2.00 bits per heavy atom. The monoisotopic (exact) mass is 128 g/mol. The van der Waals surface area contributed by atoms with Gasteiger partial charge in [-0.3, -0.25) is 4.79 Å². The molecule has 0 aromatic heterocycles.